The summed E-state index contributed by atoms with van der Waals surface area (Å²) < 4.78 is 11.8. The van der Waals surface area contributed by atoms with E-state index in [0.717, 1.165) is 6.42 Å². The van der Waals surface area contributed by atoms with Crippen molar-refractivity contribution in [3.8, 4) is 11.5 Å². The van der Waals surface area contributed by atoms with Crippen LogP contribution < -0.4 is 14.4 Å². The van der Waals surface area contributed by atoms with Gasteiger partial charge in [-0.1, -0.05) is 20.8 Å². The van der Waals surface area contributed by atoms with Gasteiger partial charge < -0.3 is 19.5 Å². The third-order valence-corrected chi connectivity index (χ3v) is 3.70. The third-order valence-electron chi connectivity index (χ3n) is 3.70. The first-order chi connectivity index (χ1) is 10.8. The third kappa shape index (κ3) is 3.61. The Morgan fingerprint density at radius 1 is 1.35 bits per heavy atom. The molecule has 1 aromatic rings. The van der Waals surface area contributed by atoms with Gasteiger partial charge in [-0.05, 0) is 43.9 Å². The van der Waals surface area contributed by atoms with Crippen LogP contribution in [-0.4, -0.2) is 29.8 Å². The van der Waals surface area contributed by atoms with Gasteiger partial charge in [0, 0.05) is 6.54 Å². The summed E-state index contributed by atoms with van der Waals surface area (Å²) >= 11 is 0. The van der Waals surface area contributed by atoms with Crippen molar-refractivity contribution in [1.29, 1.82) is 0 Å². The molecule has 1 aliphatic heterocycles. The lowest BCUT2D eigenvalue weighted by atomic mass is 10.0. The lowest BCUT2D eigenvalue weighted by molar-refractivity contribution is -0.132. The van der Waals surface area contributed by atoms with Crippen LogP contribution >= 0.6 is 0 Å². The zero-order valence-corrected chi connectivity index (χ0v) is 14.7. The normalized spacial score (nSPS) is 16.3. The van der Waals surface area contributed by atoms with E-state index in [4.69, 9.17) is 9.47 Å². The molecule has 0 atom stereocenters. The molecule has 0 fully saturated rings. The van der Waals surface area contributed by atoms with E-state index in [2.05, 4.69) is 13.8 Å². The summed E-state index contributed by atoms with van der Waals surface area (Å²) in [5, 5.41) is 9.53. The predicted molar refractivity (Wildman–Crippen MR) is 90.0 cm³/mol. The molecule has 128 valence electrons. The number of carbonyl (C=O) groups is 1. The molecule has 2 rings (SSSR count). The van der Waals surface area contributed by atoms with E-state index in [1.165, 1.54) is 0 Å². The molecule has 5 heteroatoms. The zero-order chi connectivity index (χ0) is 17.2. The van der Waals surface area contributed by atoms with Gasteiger partial charge in [0.1, 0.15) is 0 Å². The van der Waals surface area contributed by atoms with E-state index in [1.807, 2.05) is 13.0 Å². The number of carbonyl (C=O) groups excluding carboxylic acids is 1. The fourth-order valence-electron chi connectivity index (χ4n) is 2.64. The second-order valence-corrected chi connectivity index (χ2v) is 6.87. The van der Waals surface area contributed by atoms with Crippen molar-refractivity contribution in [2.24, 2.45) is 5.92 Å². The number of fused-ring (bicyclic) bond motifs is 1. The summed E-state index contributed by atoms with van der Waals surface area (Å²) in [5.41, 5.74) is 0.452. The maximum absolute atomic E-state index is 12.8. The Hall–Kier alpha value is -1.75. The number of hydrogen-bond donors (Lipinski definition) is 1. The predicted octanol–water partition coefficient (Wildman–Crippen LogP) is 3.13. The van der Waals surface area contributed by atoms with Crippen molar-refractivity contribution in [3.05, 3.63) is 17.7 Å². The lowest BCUT2D eigenvalue weighted by Crippen LogP contribution is -2.53. The average molecular weight is 321 g/mol. The minimum Gasteiger partial charge on any atom is -0.490 e. The molecule has 0 aromatic heterocycles. The minimum absolute atomic E-state index is 0.0739. The van der Waals surface area contributed by atoms with Gasteiger partial charge in [-0.25, -0.2) is 0 Å². The molecule has 0 saturated heterocycles. The summed E-state index contributed by atoms with van der Waals surface area (Å²) in [4.78, 5) is 14.5. The fraction of sp³-hybridized carbons (Fsp3) is 0.611. The highest BCUT2D eigenvalue weighted by Crippen LogP contribution is 2.45. The zero-order valence-electron chi connectivity index (χ0n) is 14.7. The van der Waals surface area contributed by atoms with Crippen molar-refractivity contribution >= 4 is 11.6 Å². The van der Waals surface area contributed by atoms with Crippen LogP contribution in [-0.2, 0) is 11.4 Å². The highest BCUT2D eigenvalue weighted by Gasteiger charge is 2.42. The van der Waals surface area contributed by atoms with Crippen molar-refractivity contribution in [2.45, 2.75) is 53.2 Å². The van der Waals surface area contributed by atoms with Gasteiger partial charge in [0.2, 0.25) is 0 Å². The van der Waals surface area contributed by atoms with Crippen LogP contribution in [0.4, 0.5) is 5.69 Å². The molecular weight excluding hydrogens is 294 g/mol. The highest BCUT2D eigenvalue weighted by atomic mass is 16.5. The van der Waals surface area contributed by atoms with Gasteiger partial charge in [-0.15, -0.1) is 0 Å². The number of aliphatic hydroxyl groups is 1. The van der Waals surface area contributed by atoms with Crippen LogP contribution in [0.15, 0.2) is 12.1 Å². The molecular formula is C18H27NO4. The molecule has 1 amide bonds. The van der Waals surface area contributed by atoms with Crippen LogP contribution in [0.1, 0.15) is 46.6 Å². The Labute approximate surface area is 138 Å². The molecule has 5 nitrogen and oxygen atoms in total. The number of hydrogen-bond acceptors (Lipinski definition) is 4. The number of anilines is 1. The van der Waals surface area contributed by atoms with Crippen LogP contribution in [0.2, 0.25) is 0 Å². The summed E-state index contributed by atoms with van der Waals surface area (Å²) in [6.45, 7) is 10.8. The van der Waals surface area contributed by atoms with Gasteiger partial charge >= 0.3 is 0 Å². The number of nitrogens with zero attached hydrogens (tertiary/aromatic N) is 1. The topological polar surface area (TPSA) is 59.0 Å². The number of benzene rings is 1. The molecule has 0 aliphatic carbocycles. The maximum Gasteiger partial charge on any atom is 0.270 e. The Balaban J connectivity index is 2.56. The maximum atomic E-state index is 12.8. The lowest BCUT2D eigenvalue weighted by Gasteiger charge is -2.40. The van der Waals surface area contributed by atoms with Crippen molar-refractivity contribution in [3.63, 3.8) is 0 Å². The van der Waals surface area contributed by atoms with Crippen LogP contribution in [0.5, 0.6) is 11.5 Å². The van der Waals surface area contributed by atoms with Gasteiger partial charge in [-0.3, -0.25) is 4.79 Å². The van der Waals surface area contributed by atoms with E-state index < -0.39 is 5.60 Å². The van der Waals surface area contributed by atoms with Gasteiger partial charge in [0.25, 0.3) is 5.91 Å². The quantitative estimate of drug-likeness (QED) is 0.874. The van der Waals surface area contributed by atoms with E-state index in [-0.39, 0.29) is 12.5 Å². The second-order valence-electron chi connectivity index (χ2n) is 6.87. The van der Waals surface area contributed by atoms with Gasteiger partial charge in [0.05, 0.1) is 18.9 Å². The molecule has 1 aliphatic rings. The average Bonchev–Trinajstić information content (AvgIpc) is 2.49. The second kappa shape index (κ2) is 6.79. The molecule has 0 bridgehead atoms. The Morgan fingerprint density at radius 3 is 2.61 bits per heavy atom. The Bertz CT molecular complexity index is 581. The van der Waals surface area contributed by atoms with E-state index in [1.54, 1.807) is 24.8 Å². The summed E-state index contributed by atoms with van der Waals surface area (Å²) in [7, 11) is 0. The van der Waals surface area contributed by atoms with Crippen LogP contribution in [0.25, 0.3) is 0 Å². The first kappa shape index (κ1) is 17.6. The van der Waals surface area contributed by atoms with Crippen molar-refractivity contribution in [2.75, 3.05) is 18.1 Å². The number of ether oxygens (including phenoxy) is 2. The van der Waals surface area contributed by atoms with Crippen molar-refractivity contribution in [1.82, 2.24) is 0 Å². The molecule has 23 heavy (non-hydrogen) atoms. The van der Waals surface area contributed by atoms with Crippen LogP contribution in [0, 0.1) is 5.92 Å². The van der Waals surface area contributed by atoms with Gasteiger partial charge in [-0.2, -0.15) is 0 Å². The fourth-order valence-corrected chi connectivity index (χ4v) is 2.64. The Morgan fingerprint density at radius 2 is 2.04 bits per heavy atom. The first-order valence-electron chi connectivity index (χ1n) is 8.21. The van der Waals surface area contributed by atoms with Gasteiger partial charge in [0.15, 0.2) is 17.1 Å². The first-order valence-corrected chi connectivity index (χ1v) is 8.21. The standard InChI is InChI=1S/C18H27NO4/c1-6-7-22-15-9-13(11-20)8-14-16(15)23-18(4,5)17(21)19(14)10-12(2)3/h8-9,12,20H,6-7,10-11H2,1-5H3. The molecule has 1 aromatic carbocycles. The molecule has 1 heterocycles. The summed E-state index contributed by atoms with van der Waals surface area (Å²) in [6, 6.07) is 3.59. The molecule has 0 radical (unpaired) electrons. The minimum atomic E-state index is -0.938. The largest absolute Gasteiger partial charge is 0.490 e. The summed E-state index contributed by atoms with van der Waals surface area (Å²) in [5.74, 6) is 1.41. The van der Waals surface area contributed by atoms with E-state index in [0.29, 0.717) is 41.8 Å². The molecule has 0 spiro atoms. The molecule has 0 saturated carbocycles. The number of amides is 1. The van der Waals surface area contributed by atoms with Crippen molar-refractivity contribution < 1.29 is 19.4 Å². The molecule has 0 unspecified atom stereocenters. The summed E-state index contributed by atoms with van der Waals surface area (Å²) in [6.07, 6.45) is 0.871. The highest BCUT2D eigenvalue weighted by molar-refractivity contribution is 6.03. The SMILES string of the molecule is CCCOc1cc(CO)cc2c1OC(C)(C)C(=O)N2CC(C)C. The smallest absolute Gasteiger partial charge is 0.270 e. The number of aliphatic hydroxyl groups excluding tert-OH is 1. The number of rotatable bonds is 6. The van der Waals surface area contributed by atoms with E-state index >= 15 is 0 Å². The van der Waals surface area contributed by atoms with E-state index in [9.17, 15) is 9.90 Å². The Kier molecular flexibility index (Phi) is 5.19. The monoisotopic (exact) mass is 321 g/mol. The van der Waals surface area contributed by atoms with Crippen LogP contribution in [0.3, 0.4) is 0 Å². The molecule has 1 N–H and O–H groups in total.